The summed E-state index contributed by atoms with van der Waals surface area (Å²) in [7, 11) is -0.912. The monoisotopic (exact) mass is 418 g/mol. The van der Waals surface area contributed by atoms with E-state index in [4.69, 9.17) is 4.74 Å². The van der Waals surface area contributed by atoms with E-state index < -0.39 is 28.6 Å². The molecular formula is C21H26N2O5S. The molecule has 0 aromatic heterocycles. The van der Waals surface area contributed by atoms with E-state index >= 15 is 0 Å². The first-order chi connectivity index (χ1) is 13.6. The van der Waals surface area contributed by atoms with Crippen LogP contribution in [0.15, 0.2) is 59.5 Å². The number of rotatable bonds is 8. The summed E-state index contributed by atoms with van der Waals surface area (Å²) in [5.74, 6) is -1.16. The molecule has 0 saturated carbocycles. The van der Waals surface area contributed by atoms with Crippen LogP contribution in [0.1, 0.15) is 18.1 Å². The number of hydrogen-bond donors (Lipinski definition) is 0. The molecule has 8 heteroatoms. The minimum Gasteiger partial charge on any atom is -0.452 e. The molecule has 0 bridgehead atoms. The van der Waals surface area contributed by atoms with E-state index in [1.807, 2.05) is 37.3 Å². The Morgan fingerprint density at radius 1 is 1.00 bits per heavy atom. The molecule has 0 radical (unpaired) electrons. The average Bonchev–Trinajstić information content (AvgIpc) is 2.68. The number of esters is 1. The number of carbonyl (C=O) groups excluding carboxylic acids is 2. The number of amides is 1. The number of ether oxygens (including phenoxy) is 1. The minimum absolute atomic E-state index is 0.0881. The van der Waals surface area contributed by atoms with Crippen molar-refractivity contribution in [3.63, 3.8) is 0 Å². The maximum Gasteiger partial charge on any atom is 0.322 e. The first kappa shape index (κ1) is 22.6. The lowest BCUT2D eigenvalue weighted by Crippen LogP contribution is -2.40. The van der Waals surface area contributed by atoms with Crippen molar-refractivity contribution in [3.8, 4) is 0 Å². The van der Waals surface area contributed by atoms with Crippen LogP contribution in [0, 0.1) is 6.92 Å². The van der Waals surface area contributed by atoms with Gasteiger partial charge in [-0.2, -0.15) is 4.31 Å². The molecule has 2 aromatic rings. The van der Waals surface area contributed by atoms with Gasteiger partial charge in [0.25, 0.3) is 5.91 Å². The van der Waals surface area contributed by atoms with Crippen molar-refractivity contribution in [3.05, 3.63) is 65.7 Å². The Balaban J connectivity index is 1.93. The van der Waals surface area contributed by atoms with Gasteiger partial charge in [-0.15, -0.1) is 0 Å². The quantitative estimate of drug-likeness (QED) is 0.614. The molecule has 0 unspecified atom stereocenters. The van der Waals surface area contributed by atoms with Crippen LogP contribution < -0.4 is 0 Å². The van der Waals surface area contributed by atoms with E-state index in [1.165, 1.54) is 31.0 Å². The number of sulfonamides is 1. The lowest BCUT2D eigenvalue weighted by Gasteiger charge is -2.22. The SMILES string of the molecule is Cc1ccc(S(=O)(=O)N(C)CC(=O)O[C@@H](C)C(=O)N(C)Cc2ccccc2)cc1. The van der Waals surface area contributed by atoms with Gasteiger partial charge in [0.05, 0.1) is 4.90 Å². The molecule has 29 heavy (non-hydrogen) atoms. The third-order valence-corrected chi connectivity index (χ3v) is 6.19. The average molecular weight is 419 g/mol. The molecule has 2 aromatic carbocycles. The largest absolute Gasteiger partial charge is 0.452 e. The van der Waals surface area contributed by atoms with Crippen LogP contribution in [0.25, 0.3) is 0 Å². The van der Waals surface area contributed by atoms with Crippen LogP contribution in [0.5, 0.6) is 0 Å². The highest BCUT2D eigenvalue weighted by Gasteiger charge is 2.26. The highest BCUT2D eigenvalue weighted by atomic mass is 32.2. The molecule has 156 valence electrons. The molecule has 7 nitrogen and oxygen atoms in total. The first-order valence-corrected chi connectivity index (χ1v) is 10.6. The van der Waals surface area contributed by atoms with Crippen LogP contribution in [0.2, 0.25) is 0 Å². The van der Waals surface area contributed by atoms with Gasteiger partial charge in [0.2, 0.25) is 10.0 Å². The van der Waals surface area contributed by atoms with Gasteiger partial charge in [0.15, 0.2) is 6.10 Å². The molecule has 0 aliphatic heterocycles. The fourth-order valence-electron chi connectivity index (χ4n) is 2.69. The maximum absolute atomic E-state index is 12.6. The van der Waals surface area contributed by atoms with E-state index in [1.54, 1.807) is 19.2 Å². The van der Waals surface area contributed by atoms with Gasteiger partial charge >= 0.3 is 5.97 Å². The number of aryl methyl sites for hydroxylation is 1. The van der Waals surface area contributed by atoms with E-state index in [2.05, 4.69) is 0 Å². The Labute approximate surface area is 171 Å². The standard InChI is InChI=1S/C21H26N2O5S/c1-16-10-12-19(13-11-16)29(26,27)23(4)15-20(24)28-17(2)21(25)22(3)14-18-8-6-5-7-9-18/h5-13,17H,14-15H2,1-4H3/t17-/m0/s1. The maximum atomic E-state index is 12.6. The fourth-order valence-corrected chi connectivity index (χ4v) is 3.80. The normalized spacial score (nSPS) is 12.4. The summed E-state index contributed by atoms with van der Waals surface area (Å²) in [6, 6.07) is 15.8. The zero-order valence-electron chi connectivity index (χ0n) is 17.0. The second-order valence-electron chi connectivity index (χ2n) is 6.89. The van der Waals surface area contributed by atoms with Crippen molar-refractivity contribution in [1.29, 1.82) is 0 Å². The third-order valence-electron chi connectivity index (χ3n) is 4.38. The van der Waals surface area contributed by atoms with Crippen LogP contribution in [-0.2, 0) is 30.9 Å². The highest BCUT2D eigenvalue weighted by molar-refractivity contribution is 7.89. The van der Waals surface area contributed by atoms with Crippen LogP contribution in [0.4, 0.5) is 0 Å². The summed E-state index contributed by atoms with van der Waals surface area (Å²) in [5, 5.41) is 0. The number of benzene rings is 2. The number of hydrogen-bond acceptors (Lipinski definition) is 5. The van der Waals surface area contributed by atoms with Crippen LogP contribution in [-0.4, -0.2) is 56.2 Å². The number of likely N-dealkylation sites (N-methyl/N-ethyl adjacent to an activating group) is 2. The second kappa shape index (κ2) is 9.67. The molecule has 0 heterocycles. The van der Waals surface area contributed by atoms with Gasteiger partial charge in [0.1, 0.15) is 6.54 Å². The van der Waals surface area contributed by atoms with Crippen molar-refractivity contribution in [2.24, 2.45) is 0 Å². The summed E-state index contributed by atoms with van der Waals surface area (Å²) in [6.45, 7) is 3.21. The Bertz CT molecular complexity index is 943. The summed E-state index contributed by atoms with van der Waals surface area (Å²) >= 11 is 0. The molecule has 0 saturated heterocycles. The number of carbonyl (C=O) groups is 2. The van der Waals surface area contributed by atoms with E-state index in [0.29, 0.717) is 6.54 Å². The molecule has 2 rings (SSSR count). The zero-order chi connectivity index (χ0) is 21.6. The molecule has 0 aliphatic carbocycles. The molecular weight excluding hydrogens is 392 g/mol. The predicted octanol–water partition coefficient (Wildman–Crippen LogP) is 2.21. The predicted molar refractivity (Wildman–Crippen MR) is 109 cm³/mol. The van der Waals surface area contributed by atoms with E-state index in [0.717, 1.165) is 15.4 Å². The zero-order valence-corrected chi connectivity index (χ0v) is 17.8. The summed E-state index contributed by atoms with van der Waals surface area (Å²) < 4.78 is 31.2. The lowest BCUT2D eigenvalue weighted by molar-refractivity contribution is -0.158. The van der Waals surface area contributed by atoms with Crippen LogP contribution >= 0.6 is 0 Å². The third kappa shape index (κ3) is 6.13. The Morgan fingerprint density at radius 2 is 1.59 bits per heavy atom. The van der Waals surface area contributed by atoms with Crippen molar-refractivity contribution < 1.29 is 22.7 Å². The molecule has 0 spiro atoms. The van der Waals surface area contributed by atoms with Gasteiger partial charge in [0, 0.05) is 20.6 Å². The van der Waals surface area contributed by atoms with Crippen molar-refractivity contribution in [2.75, 3.05) is 20.6 Å². The highest BCUT2D eigenvalue weighted by Crippen LogP contribution is 2.15. The molecule has 0 N–H and O–H groups in total. The van der Waals surface area contributed by atoms with Crippen molar-refractivity contribution in [1.82, 2.24) is 9.21 Å². The molecule has 1 amide bonds. The molecule has 0 fully saturated rings. The molecule has 1 atom stereocenters. The van der Waals surface area contributed by atoms with E-state index in [-0.39, 0.29) is 10.8 Å². The minimum atomic E-state index is -3.83. The second-order valence-corrected chi connectivity index (χ2v) is 8.93. The summed E-state index contributed by atoms with van der Waals surface area (Å²) in [4.78, 5) is 26.2. The van der Waals surface area contributed by atoms with E-state index in [9.17, 15) is 18.0 Å². The van der Waals surface area contributed by atoms with Crippen LogP contribution in [0.3, 0.4) is 0 Å². The fraction of sp³-hybridized carbons (Fsp3) is 0.333. The molecule has 0 aliphatic rings. The van der Waals surface area contributed by atoms with Gasteiger partial charge < -0.3 is 9.64 Å². The van der Waals surface area contributed by atoms with Gasteiger partial charge in [-0.05, 0) is 31.5 Å². The first-order valence-electron chi connectivity index (χ1n) is 9.12. The summed E-state index contributed by atoms with van der Waals surface area (Å²) in [5.41, 5.74) is 1.88. The Kier molecular flexibility index (Phi) is 7.53. The van der Waals surface area contributed by atoms with Crippen molar-refractivity contribution >= 4 is 21.9 Å². The van der Waals surface area contributed by atoms with Gasteiger partial charge in [-0.1, -0.05) is 48.0 Å². The Morgan fingerprint density at radius 3 is 2.17 bits per heavy atom. The number of nitrogens with zero attached hydrogens (tertiary/aromatic N) is 2. The topological polar surface area (TPSA) is 84.0 Å². The lowest BCUT2D eigenvalue weighted by atomic mass is 10.2. The van der Waals surface area contributed by atoms with Crippen molar-refractivity contribution in [2.45, 2.75) is 31.4 Å². The Hall–Kier alpha value is -2.71. The van der Waals surface area contributed by atoms with Gasteiger partial charge in [-0.25, -0.2) is 8.42 Å². The van der Waals surface area contributed by atoms with Gasteiger partial charge in [-0.3, -0.25) is 9.59 Å². The smallest absolute Gasteiger partial charge is 0.322 e. The summed E-state index contributed by atoms with van der Waals surface area (Å²) in [6.07, 6.45) is -1.02.